The lowest BCUT2D eigenvalue weighted by molar-refractivity contribution is 0.136. The molecule has 2 rings (SSSR count). The van der Waals surface area contributed by atoms with Gasteiger partial charge in [0, 0.05) is 12.6 Å². The van der Waals surface area contributed by atoms with E-state index in [9.17, 15) is 5.11 Å². The summed E-state index contributed by atoms with van der Waals surface area (Å²) in [7, 11) is 2.18. The van der Waals surface area contributed by atoms with Gasteiger partial charge in [0.25, 0.3) is 0 Å². The largest absolute Gasteiger partial charge is 0.392 e. The van der Waals surface area contributed by atoms with Gasteiger partial charge in [-0.25, -0.2) is 0 Å². The Hall–Kier alpha value is -0.120. The van der Waals surface area contributed by atoms with Crippen molar-refractivity contribution in [3.63, 3.8) is 0 Å². The molecule has 2 aliphatic rings. The molecule has 0 spiro atoms. The van der Waals surface area contributed by atoms with Crippen LogP contribution in [0.5, 0.6) is 0 Å². The Morgan fingerprint density at radius 2 is 1.93 bits per heavy atom. The first kappa shape index (κ1) is 10.4. The molecule has 1 aliphatic heterocycles. The molecule has 1 saturated heterocycles. The van der Waals surface area contributed by atoms with Crippen LogP contribution < -0.4 is 5.32 Å². The molecular formula is C11H22N2O. The monoisotopic (exact) mass is 198 g/mol. The Morgan fingerprint density at radius 1 is 1.29 bits per heavy atom. The quantitative estimate of drug-likeness (QED) is 0.688. The van der Waals surface area contributed by atoms with E-state index < -0.39 is 0 Å². The van der Waals surface area contributed by atoms with Crippen molar-refractivity contribution < 1.29 is 5.11 Å². The third-order valence-electron chi connectivity index (χ3n) is 3.50. The maximum atomic E-state index is 9.70. The normalized spacial score (nSPS) is 27.9. The van der Waals surface area contributed by atoms with Gasteiger partial charge in [-0.05, 0) is 51.7 Å². The van der Waals surface area contributed by atoms with E-state index in [-0.39, 0.29) is 6.10 Å². The molecule has 2 N–H and O–H groups in total. The summed E-state index contributed by atoms with van der Waals surface area (Å²) in [6.07, 6.45) is 4.84. The van der Waals surface area contributed by atoms with E-state index in [1.807, 2.05) is 0 Å². The van der Waals surface area contributed by atoms with Crippen molar-refractivity contribution >= 4 is 0 Å². The van der Waals surface area contributed by atoms with Crippen molar-refractivity contribution in [2.75, 3.05) is 26.7 Å². The lowest BCUT2D eigenvalue weighted by atomic mass is 10.1. The van der Waals surface area contributed by atoms with Crippen molar-refractivity contribution in [2.45, 2.75) is 37.8 Å². The molecule has 0 aromatic carbocycles. The van der Waals surface area contributed by atoms with Crippen LogP contribution in [-0.4, -0.2) is 48.8 Å². The first-order chi connectivity index (χ1) is 6.75. The highest BCUT2D eigenvalue weighted by Gasteiger charge is 2.29. The molecular weight excluding hydrogens is 176 g/mol. The van der Waals surface area contributed by atoms with Crippen LogP contribution in [0.4, 0.5) is 0 Å². The van der Waals surface area contributed by atoms with Crippen molar-refractivity contribution in [2.24, 2.45) is 5.92 Å². The summed E-state index contributed by atoms with van der Waals surface area (Å²) in [6.45, 7) is 3.19. The Bertz CT molecular complexity index is 174. The highest BCUT2D eigenvalue weighted by Crippen LogP contribution is 2.32. The zero-order chi connectivity index (χ0) is 9.97. The van der Waals surface area contributed by atoms with Crippen LogP contribution in [0.25, 0.3) is 0 Å². The van der Waals surface area contributed by atoms with Crippen molar-refractivity contribution in [3.8, 4) is 0 Å². The van der Waals surface area contributed by atoms with E-state index in [2.05, 4.69) is 17.3 Å². The van der Waals surface area contributed by atoms with Gasteiger partial charge < -0.3 is 15.3 Å². The molecule has 0 amide bonds. The Kier molecular flexibility index (Phi) is 3.42. The topological polar surface area (TPSA) is 35.5 Å². The van der Waals surface area contributed by atoms with E-state index >= 15 is 0 Å². The lowest BCUT2D eigenvalue weighted by Gasteiger charge is -2.30. The molecule has 1 atom stereocenters. The van der Waals surface area contributed by atoms with Crippen LogP contribution in [0, 0.1) is 5.92 Å². The molecule has 1 saturated carbocycles. The van der Waals surface area contributed by atoms with Crippen LogP contribution in [0.15, 0.2) is 0 Å². The van der Waals surface area contributed by atoms with Gasteiger partial charge >= 0.3 is 0 Å². The van der Waals surface area contributed by atoms with Gasteiger partial charge in [-0.2, -0.15) is 0 Å². The second-order valence-corrected chi connectivity index (χ2v) is 4.89. The molecule has 2 fully saturated rings. The average molecular weight is 198 g/mol. The molecule has 1 unspecified atom stereocenters. The fourth-order valence-corrected chi connectivity index (χ4v) is 2.15. The van der Waals surface area contributed by atoms with E-state index in [4.69, 9.17) is 0 Å². The van der Waals surface area contributed by atoms with E-state index in [1.165, 1.54) is 38.8 Å². The molecule has 14 heavy (non-hydrogen) atoms. The lowest BCUT2D eigenvalue weighted by Crippen LogP contribution is -2.43. The number of hydrogen-bond acceptors (Lipinski definition) is 3. The summed E-state index contributed by atoms with van der Waals surface area (Å²) in [5.74, 6) is 0.605. The number of rotatable bonds is 4. The van der Waals surface area contributed by atoms with Crippen LogP contribution in [0.3, 0.4) is 0 Å². The number of nitrogens with one attached hydrogen (secondary N) is 1. The molecule has 3 nitrogen and oxygen atoms in total. The Balaban J connectivity index is 1.60. The van der Waals surface area contributed by atoms with Gasteiger partial charge in [0.2, 0.25) is 0 Å². The van der Waals surface area contributed by atoms with E-state index in [0.717, 1.165) is 6.54 Å². The molecule has 0 radical (unpaired) electrons. The number of nitrogens with zero attached hydrogens (tertiary/aromatic N) is 1. The molecule has 0 aromatic heterocycles. The summed E-state index contributed by atoms with van der Waals surface area (Å²) in [6, 6.07) is 0.639. The minimum absolute atomic E-state index is 0.0883. The van der Waals surface area contributed by atoms with Crippen molar-refractivity contribution in [3.05, 3.63) is 0 Å². The first-order valence-electron chi connectivity index (χ1n) is 5.85. The highest BCUT2D eigenvalue weighted by atomic mass is 16.3. The number of hydrogen-bond donors (Lipinski definition) is 2. The Labute approximate surface area is 86.5 Å². The molecule has 0 bridgehead atoms. The SMILES string of the molecule is CN1CCC(NCC(O)C2CC2)CC1. The minimum Gasteiger partial charge on any atom is -0.392 e. The highest BCUT2D eigenvalue weighted by molar-refractivity contribution is 4.84. The second kappa shape index (κ2) is 4.60. The summed E-state index contributed by atoms with van der Waals surface area (Å²) in [4.78, 5) is 2.37. The summed E-state index contributed by atoms with van der Waals surface area (Å²) in [5, 5.41) is 13.2. The number of aliphatic hydroxyl groups excluding tert-OH is 1. The molecule has 82 valence electrons. The third-order valence-corrected chi connectivity index (χ3v) is 3.50. The number of aliphatic hydroxyl groups is 1. The summed E-state index contributed by atoms with van der Waals surface area (Å²) >= 11 is 0. The van der Waals surface area contributed by atoms with Gasteiger partial charge in [0.15, 0.2) is 0 Å². The smallest absolute Gasteiger partial charge is 0.0692 e. The zero-order valence-electron chi connectivity index (χ0n) is 9.08. The third kappa shape index (κ3) is 2.94. The molecule has 1 heterocycles. The Morgan fingerprint density at radius 3 is 2.50 bits per heavy atom. The van der Waals surface area contributed by atoms with Gasteiger partial charge in [-0.15, -0.1) is 0 Å². The molecule has 3 heteroatoms. The average Bonchev–Trinajstić information content (AvgIpc) is 3.00. The predicted molar refractivity (Wildman–Crippen MR) is 57.3 cm³/mol. The van der Waals surface area contributed by atoms with Crippen molar-refractivity contribution in [1.82, 2.24) is 10.2 Å². The predicted octanol–water partition coefficient (Wildman–Crippen LogP) is 0.441. The molecule has 0 aromatic rings. The standard InChI is InChI=1S/C11H22N2O/c1-13-6-4-10(5-7-13)12-8-11(14)9-2-3-9/h9-12,14H,2-8H2,1H3. The first-order valence-corrected chi connectivity index (χ1v) is 5.85. The minimum atomic E-state index is -0.0883. The summed E-state index contributed by atoms with van der Waals surface area (Å²) < 4.78 is 0. The number of likely N-dealkylation sites (tertiary alicyclic amines) is 1. The van der Waals surface area contributed by atoms with Crippen LogP contribution in [0.2, 0.25) is 0 Å². The fraction of sp³-hybridized carbons (Fsp3) is 1.00. The maximum Gasteiger partial charge on any atom is 0.0692 e. The molecule has 1 aliphatic carbocycles. The number of piperidine rings is 1. The van der Waals surface area contributed by atoms with Gasteiger partial charge in [-0.1, -0.05) is 0 Å². The van der Waals surface area contributed by atoms with Crippen LogP contribution in [0.1, 0.15) is 25.7 Å². The van der Waals surface area contributed by atoms with Gasteiger partial charge in [-0.3, -0.25) is 0 Å². The van der Waals surface area contributed by atoms with E-state index in [0.29, 0.717) is 12.0 Å². The maximum absolute atomic E-state index is 9.70. The fourth-order valence-electron chi connectivity index (χ4n) is 2.15. The zero-order valence-corrected chi connectivity index (χ0v) is 9.08. The van der Waals surface area contributed by atoms with Crippen LogP contribution in [-0.2, 0) is 0 Å². The second-order valence-electron chi connectivity index (χ2n) is 4.89. The van der Waals surface area contributed by atoms with Gasteiger partial charge in [0.05, 0.1) is 6.10 Å². The van der Waals surface area contributed by atoms with Crippen molar-refractivity contribution in [1.29, 1.82) is 0 Å². The van der Waals surface area contributed by atoms with Gasteiger partial charge in [0.1, 0.15) is 0 Å². The summed E-state index contributed by atoms with van der Waals surface area (Å²) in [5.41, 5.74) is 0. The van der Waals surface area contributed by atoms with E-state index in [1.54, 1.807) is 0 Å². The van der Waals surface area contributed by atoms with Crippen LogP contribution >= 0.6 is 0 Å².